The SMILES string of the molecule is COc1ccc([C@@H]2CN(C(=O)Cn3nc4ccccc4n3)C[C@H]2N)cc1. The molecule has 1 aliphatic heterocycles. The third-order valence-corrected chi connectivity index (χ3v) is 4.87. The maximum Gasteiger partial charge on any atom is 0.246 e. The first-order chi connectivity index (χ1) is 12.6. The van der Waals surface area contributed by atoms with Crippen LogP contribution in [0.2, 0.25) is 0 Å². The monoisotopic (exact) mass is 351 g/mol. The van der Waals surface area contributed by atoms with Crippen molar-refractivity contribution in [3.05, 3.63) is 54.1 Å². The fraction of sp³-hybridized carbons (Fsp3) is 0.316. The first-order valence-corrected chi connectivity index (χ1v) is 8.61. The molecular formula is C19H21N5O2. The van der Waals surface area contributed by atoms with Crippen molar-refractivity contribution in [3.63, 3.8) is 0 Å². The van der Waals surface area contributed by atoms with Crippen molar-refractivity contribution in [1.82, 2.24) is 19.9 Å². The van der Waals surface area contributed by atoms with Gasteiger partial charge in [-0.2, -0.15) is 15.0 Å². The Bertz CT molecular complexity index is 888. The van der Waals surface area contributed by atoms with Gasteiger partial charge < -0.3 is 15.4 Å². The van der Waals surface area contributed by atoms with Gasteiger partial charge in [-0.15, -0.1) is 0 Å². The molecule has 1 aliphatic rings. The molecule has 3 aromatic rings. The highest BCUT2D eigenvalue weighted by atomic mass is 16.5. The van der Waals surface area contributed by atoms with Crippen molar-refractivity contribution in [3.8, 4) is 5.75 Å². The summed E-state index contributed by atoms with van der Waals surface area (Å²) in [5.74, 6) is 0.913. The van der Waals surface area contributed by atoms with E-state index in [1.165, 1.54) is 4.80 Å². The smallest absolute Gasteiger partial charge is 0.246 e. The van der Waals surface area contributed by atoms with Crippen molar-refractivity contribution in [2.24, 2.45) is 5.73 Å². The van der Waals surface area contributed by atoms with Crippen molar-refractivity contribution < 1.29 is 9.53 Å². The van der Waals surface area contributed by atoms with Gasteiger partial charge in [0.2, 0.25) is 5.91 Å². The molecule has 26 heavy (non-hydrogen) atoms. The zero-order chi connectivity index (χ0) is 18.1. The number of nitrogens with two attached hydrogens (primary N) is 1. The quantitative estimate of drug-likeness (QED) is 0.768. The van der Waals surface area contributed by atoms with Crippen molar-refractivity contribution in [1.29, 1.82) is 0 Å². The lowest BCUT2D eigenvalue weighted by atomic mass is 9.95. The molecule has 1 aromatic heterocycles. The Kier molecular flexibility index (Phi) is 4.30. The minimum absolute atomic E-state index is 0.0169. The van der Waals surface area contributed by atoms with Gasteiger partial charge in [-0.05, 0) is 29.8 Å². The van der Waals surface area contributed by atoms with Crippen LogP contribution in [0.1, 0.15) is 11.5 Å². The van der Waals surface area contributed by atoms with Crippen molar-refractivity contribution in [2.75, 3.05) is 20.2 Å². The van der Waals surface area contributed by atoms with Gasteiger partial charge in [-0.25, -0.2) is 0 Å². The first kappa shape index (κ1) is 16.5. The van der Waals surface area contributed by atoms with Crippen LogP contribution in [0.15, 0.2) is 48.5 Å². The van der Waals surface area contributed by atoms with Gasteiger partial charge in [0.15, 0.2) is 0 Å². The van der Waals surface area contributed by atoms with Crippen LogP contribution in [0.3, 0.4) is 0 Å². The first-order valence-electron chi connectivity index (χ1n) is 8.61. The number of amides is 1. The Morgan fingerprint density at radius 3 is 2.38 bits per heavy atom. The van der Waals surface area contributed by atoms with Crippen LogP contribution in [-0.4, -0.2) is 52.0 Å². The van der Waals surface area contributed by atoms with E-state index in [1.807, 2.05) is 48.5 Å². The zero-order valence-electron chi connectivity index (χ0n) is 14.6. The zero-order valence-corrected chi connectivity index (χ0v) is 14.6. The number of likely N-dealkylation sites (tertiary alicyclic amines) is 1. The maximum atomic E-state index is 12.7. The molecule has 1 fully saturated rings. The summed E-state index contributed by atoms with van der Waals surface area (Å²) in [6.45, 7) is 1.26. The highest BCUT2D eigenvalue weighted by molar-refractivity contribution is 5.77. The van der Waals surface area contributed by atoms with Crippen LogP contribution < -0.4 is 10.5 Å². The predicted molar refractivity (Wildman–Crippen MR) is 97.8 cm³/mol. The largest absolute Gasteiger partial charge is 0.497 e. The molecule has 0 spiro atoms. The average molecular weight is 351 g/mol. The predicted octanol–water partition coefficient (Wildman–Crippen LogP) is 1.39. The molecule has 1 amide bonds. The molecule has 0 radical (unpaired) electrons. The number of carbonyl (C=O) groups excluding carboxylic acids is 1. The number of rotatable bonds is 4. The van der Waals surface area contributed by atoms with Gasteiger partial charge in [0.05, 0.1) is 7.11 Å². The summed E-state index contributed by atoms with van der Waals surface area (Å²) in [5, 5.41) is 8.70. The molecule has 0 saturated carbocycles. The maximum absolute atomic E-state index is 12.7. The summed E-state index contributed by atoms with van der Waals surface area (Å²) in [5.41, 5.74) is 9.00. The number of aromatic nitrogens is 3. The molecule has 7 heteroatoms. The number of benzene rings is 2. The van der Waals surface area contributed by atoms with Gasteiger partial charge in [-0.1, -0.05) is 24.3 Å². The highest BCUT2D eigenvalue weighted by Gasteiger charge is 2.34. The van der Waals surface area contributed by atoms with Gasteiger partial charge in [0, 0.05) is 25.0 Å². The van der Waals surface area contributed by atoms with E-state index in [0.29, 0.717) is 13.1 Å². The Labute approximate surface area is 151 Å². The Morgan fingerprint density at radius 1 is 1.12 bits per heavy atom. The second kappa shape index (κ2) is 6.76. The van der Waals surface area contributed by atoms with Crippen LogP contribution >= 0.6 is 0 Å². The normalized spacial score (nSPS) is 19.8. The Balaban J connectivity index is 1.45. The number of methoxy groups -OCH3 is 1. The summed E-state index contributed by atoms with van der Waals surface area (Å²) in [7, 11) is 1.64. The molecule has 0 bridgehead atoms. The summed E-state index contributed by atoms with van der Waals surface area (Å²) >= 11 is 0. The van der Waals surface area contributed by atoms with E-state index < -0.39 is 0 Å². The molecule has 2 aromatic carbocycles. The molecule has 7 nitrogen and oxygen atoms in total. The number of carbonyl (C=O) groups is 1. The summed E-state index contributed by atoms with van der Waals surface area (Å²) < 4.78 is 5.20. The molecule has 0 unspecified atom stereocenters. The van der Waals surface area contributed by atoms with Gasteiger partial charge in [0.1, 0.15) is 23.3 Å². The van der Waals surface area contributed by atoms with Crippen molar-refractivity contribution >= 4 is 16.9 Å². The van der Waals surface area contributed by atoms with Crippen molar-refractivity contribution in [2.45, 2.75) is 18.5 Å². The van der Waals surface area contributed by atoms with E-state index in [-0.39, 0.29) is 24.4 Å². The van der Waals surface area contributed by atoms with E-state index >= 15 is 0 Å². The number of hydrogen-bond acceptors (Lipinski definition) is 5. The van der Waals surface area contributed by atoms with E-state index in [4.69, 9.17) is 10.5 Å². The van der Waals surface area contributed by atoms with Gasteiger partial charge >= 0.3 is 0 Å². The topological polar surface area (TPSA) is 86.3 Å². The average Bonchev–Trinajstić information content (AvgIpc) is 3.24. The standard InChI is InChI=1S/C19H21N5O2/c1-26-14-8-6-13(7-9-14)15-10-23(11-16(15)20)19(25)12-24-21-17-4-2-3-5-18(17)22-24/h2-9,15-16H,10-12,20H2,1H3/t15-,16+/m0/s1. The van der Waals surface area contributed by atoms with Crippen LogP contribution in [0.4, 0.5) is 0 Å². The minimum atomic E-state index is -0.0861. The van der Waals surface area contributed by atoms with E-state index in [2.05, 4.69) is 10.2 Å². The molecule has 2 heterocycles. The third kappa shape index (κ3) is 3.13. The van der Waals surface area contributed by atoms with Gasteiger partial charge in [-0.3, -0.25) is 4.79 Å². The van der Waals surface area contributed by atoms with Crippen LogP contribution in [0.5, 0.6) is 5.75 Å². The second-order valence-electron chi connectivity index (χ2n) is 6.56. The van der Waals surface area contributed by atoms with Crippen LogP contribution in [-0.2, 0) is 11.3 Å². The van der Waals surface area contributed by atoms with E-state index in [0.717, 1.165) is 22.3 Å². The molecule has 134 valence electrons. The van der Waals surface area contributed by atoms with E-state index in [1.54, 1.807) is 12.0 Å². The lowest BCUT2D eigenvalue weighted by molar-refractivity contribution is -0.131. The molecule has 2 N–H and O–H groups in total. The number of fused-ring (bicyclic) bond motifs is 1. The summed E-state index contributed by atoms with van der Waals surface area (Å²) in [6, 6.07) is 15.4. The molecule has 2 atom stereocenters. The van der Waals surface area contributed by atoms with E-state index in [9.17, 15) is 4.79 Å². The van der Waals surface area contributed by atoms with Crippen LogP contribution in [0.25, 0.3) is 11.0 Å². The highest BCUT2D eigenvalue weighted by Crippen LogP contribution is 2.28. The lowest BCUT2D eigenvalue weighted by Gasteiger charge is -2.16. The molecular weight excluding hydrogens is 330 g/mol. The number of hydrogen-bond donors (Lipinski definition) is 1. The second-order valence-corrected chi connectivity index (χ2v) is 6.56. The number of nitrogens with zero attached hydrogens (tertiary/aromatic N) is 4. The summed E-state index contributed by atoms with van der Waals surface area (Å²) in [4.78, 5) is 15.9. The fourth-order valence-electron chi connectivity index (χ4n) is 3.43. The Morgan fingerprint density at radius 2 is 1.77 bits per heavy atom. The molecule has 1 saturated heterocycles. The third-order valence-electron chi connectivity index (χ3n) is 4.87. The summed E-state index contributed by atoms with van der Waals surface area (Å²) in [6.07, 6.45) is 0. The number of ether oxygens (including phenoxy) is 1. The minimum Gasteiger partial charge on any atom is -0.497 e. The Hall–Kier alpha value is -2.93. The van der Waals surface area contributed by atoms with Gasteiger partial charge in [0.25, 0.3) is 0 Å². The fourth-order valence-corrected chi connectivity index (χ4v) is 3.43. The molecule has 0 aliphatic carbocycles. The molecule has 4 rings (SSSR count). The van der Waals surface area contributed by atoms with Crippen LogP contribution in [0, 0.1) is 0 Å². The lowest BCUT2D eigenvalue weighted by Crippen LogP contribution is -2.34.